The number of carbonyl (C=O) groups excluding carboxylic acids is 2. The van der Waals surface area contributed by atoms with Crippen LogP contribution < -0.4 is 15.1 Å². The number of ether oxygens (including phenoxy) is 1. The molecule has 33 heavy (non-hydrogen) atoms. The molecule has 9 heteroatoms. The molecule has 2 aliphatic heterocycles. The Hall–Kier alpha value is -3.17. The number of nitrogens with one attached hydrogen (secondary N) is 1. The van der Waals surface area contributed by atoms with Crippen LogP contribution in [-0.2, 0) is 9.59 Å². The number of para-hydroxylation sites is 2. The topological polar surface area (TPSA) is 85.3 Å². The van der Waals surface area contributed by atoms with Gasteiger partial charge in [-0.25, -0.2) is 9.87 Å². The molecule has 0 unspecified atom stereocenters. The first kappa shape index (κ1) is 23.0. The summed E-state index contributed by atoms with van der Waals surface area (Å²) < 4.78 is 19.9. The van der Waals surface area contributed by atoms with E-state index in [1.165, 1.54) is 12.1 Å². The predicted molar refractivity (Wildman–Crippen MR) is 121 cm³/mol. The summed E-state index contributed by atoms with van der Waals surface area (Å²) in [4.78, 5) is 31.7. The molecule has 2 aromatic carbocycles. The van der Waals surface area contributed by atoms with Gasteiger partial charge in [-0.2, -0.15) is 0 Å². The fourth-order valence-electron chi connectivity index (χ4n) is 4.74. The van der Waals surface area contributed by atoms with E-state index in [1.54, 1.807) is 34.5 Å². The van der Waals surface area contributed by atoms with E-state index in [1.807, 2.05) is 30.3 Å². The maximum Gasteiger partial charge on any atom is 0.248 e. The molecule has 2 aromatic rings. The number of benzene rings is 2. The summed E-state index contributed by atoms with van der Waals surface area (Å²) in [6.45, 7) is 2.83. The van der Waals surface area contributed by atoms with Crippen LogP contribution in [0.15, 0.2) is 54.6 Å². The number of likely N-dealkylation sites (N-methyl/N-ethyl adjacent to an activating group) is 1. The number of likely N-dealkylation sites (tertiary alicyclic amines) is 1. The Labute approximate surface area is 192 Å². The Bertz CT molecular complexity index is 968. The van der Waals surface area contributed by atoms with Crippen molar-refractivity contribution >= 4 is 17.5 Å². The summed E-state index contributed by atoms with van der Waals surface area (Å²) in [6, 6.07) is 15.4. The Morgan fingerprint density at radius 3 is 2.36 bits per heavy atom. The van der Waals surface area contributed by atoms with Crippen molar-refractivity contribution in [2.24, 2.45) is 5.92 Å². The standard InChI is InChI=1S/C24H29FN4O4/c1-27-16-18(33-21-10-6-5-9-20(21)25)15-19(23(30)26-32)22(27)24(31)29-13-11-28(12-14-29)17-7-3-2-4-8-17/h2-10,18-19,22,32H,11-16H2,1H3,(H,26,30)/t18-,19-,22-/m0/s1. The molecule has 0 saturated carbocycles. The number of halogens is 1. The van der Waals surface area contributed by atoms with Crippen molar-refractivity contribution in [1.82, 2.24) is 15.3 Å². The highest BCUT2D eigenvalue weighted by atomic mass is 19.1. The van der Waals surface area contributed by atoms with Crippen molar-refractivity contribution in [2.75, 3.05) is 44.7 Å². The third kappa shape index (κ3) is 5.09. The second-order valence-corrected chi connectivity index (χ2v) is 8.52. The molecule has 2 fully saturated rings. The molecule has 2 aliphatic rings. The third-order valence-corrected chi connectivity index (χ3v) is 6.41. The van der Waals surface area contributed by atoms with Crippen LogP contribution >= 0.6 is 0 Å². The van der Waals surface area contributed by atoms with Gasteiger partial charge in [-0.3, -0.25) is 19.7 Å². The molecule has 2 saturated heterocycles. The Morgan fingerprint density at radius 2 is 1.70 bits per heavy atom. The molecule has 0 spiro atoms. The normalized spacial score (nSPS) is 23.8. The average molecular weight is 457 g/mol. The van der Waals surface area contributed by atoms with Crippen LogP contribution in [0.3, 0.4) is 0 Å². The van der Waals surface area contributed by atoms with E-state index >= 15 is 0 Å². The number of hydrogen-bond donors (Lipinski definition) is 2. The highest BCUT2D eigenvalue weighted by Gasteiger charge is 2.45. The Kier molecular flexibility index (Phi) is 7.10. The van der Waals surface area contributed by atoms with Crippen molar-refractivity contribution in [3.63, 3.8) is 0 Å². The van der Waals surface area contributed by atoms with Crippen LogP contribution in [0.25, 0.3) is 0 Å². The van der Waals surface area contributed by atoms with Crippen molar-refractivity contribution in [3.8, 4) is 5.75 Å². The van der Waals surface area contributed by atoms with Crippen LogP contribution in [0.5, 0.6) is 5.75 Å². The van der Waals surface area contributed by atoms with Crippen molar-refractivity contribution in [2.45, 2.75) is 18.6 Å². The minimum absolute atomic E-state index is 0.0980. The second kappa shape index (κ2) is 10.2. The molecule has 176 valence electrons. The molecular weight excluding hydrogens is 427 g/mol. The Morgan fingerprint density at radius 1 is 1.03 bits per heavy atom. The van der Waals surface area contributed by atoms with Gasteiger partial charge in [-0.1, -0.05) is 30.3 Å². The van der Waals surface area contributed by atoms with E-state index in [9.17, 15) is 19.2 Å². The fraction of sp³-hybridized carbons (Fsp3) is 0.417. The maximum absolute atomic E-state index is 14.0. The number of hydroxylamine groups is 1. The van der Waals surface area contributed by atoms with Crippen LogP contribution in [0.4, 0.5) is 10.1 Å². The van der Waals surface area contributed by atoms with Gasteiger partial charge in [0.25, 0.3) is 0 Å². The van der Waals surface area contributed by atoms with E-state index in [2.05, 4.69) is 4.90 Å². The van der Waals surface area contributed by atoms with Crippen LogP contribution in [-0.4, -0.2) is 78.7 Å². The molecule has 4 rings (SSSR count). The zero-order chi connectivity index (χ0) is 23.4. The largest absolute Gasteiger partial charge is 0.486 e. The van der Waals surface area contributed by atoms with Crippen LogP contribution in [0.1, 0.15) is 6.42 Å². The number of hydrogen-bond acceptors (Lipinski definition) is 6. The summed E-state index contributed by atoms with van der Waals surface area (Å²) in [5.74, 6) is -2.02. The smallest absolute Gasteiger partial charge is 0.248 e. The number of nitrogens with zero attached hydrogens (tertiary/aromatic N) is 3. The summed E-state index contributed by atoms with van der Waals surface area (Å²) in [5.41, 5.74) is 2.81. The summed E-state index contributed by atoms with van der Waals surface area (Å²) in [6.07, 6.45) is -0.320. The summed E-state index contributed by atoms with van der Waals surface area (Å²) in [7, 11) is 1.75. The first-order valence-corrected chi connectivity index (χ1v) is 11.1. The number of piperidine rings is 1. The quantitative estimate of drug-likeness (QED) is 0.527. The molecule has 0 aromatic heterocycles. The van der Waals surface area contributed by atoms with Gasteiger partial charge < -0.3 is 14.5 Å². The third-order valence-electron chi connectivity index (χ3n) is 6.41. The molecular formula is C24H29FN4O4. The highest BCUT2D eigenvalue weighted by molar-refractivity contribution is 5.90. The molecule has 0 bridgehead atoms. The van der Waals surface area contributed by atoms with Gasteiger partial charge in [0.1, 0.15) is 12.1 Å². The zero-order valence-corrected chi connectivity index (χ0v) is 18.6. The molecule has 8 nitrogen and oxygen atoms in total. The number of carbonyl (C=O) groups is 2. The van der Waals surface area contributed by atoms with E-state index in [0.717, 1.165) is 5.69 Å². The average Bonchev–Trinajstić information content (AvgIpc) is 2.85. The van der Waals surface area contributed by atoms with Crippen molar-refractivity contribution < 1.29 is 23.9 Å². The van der Waals surface area contributed by atoms with Gasteiger partial charge >= 0.3 is 0 Å². The first-order valence-electron chi connectivity index (χ1n) is 11.1. The SMILES string of the molecule is CN1C[C@@H](Oc2ccccc2F)C[C@H](C(=O)NO)[C@H]1C(=O)N1CCN(c2ccccc2)CC1. The molecule has 0 aliphatic carbocycles. The second-order valence-electron chi connectivity index (χ2n) is 8.52. The van der Waals surface area contributed by atoms with Gasteiger partial charge in [0.2, 0.25) is 11.8 Å². The van der Waals surface area contributed by atoms with Gasteiger partial charge in [0.15, 0.2) is 11.6 Å². The van der Waals surface area contributed by atoms with Gasteiger partial charge in [0, 0.05) is 38.4 Å². The van der Waals surface area contributed by atoms with Gasteiger partial charge in [0.05, 0.1) is 5.92 Å². The molecule has 2 amide bonds. The van der Waals surface area contributed by atoms with E-state index in [-0.39, 0.29) is 18.1 Å². The van der Waals surface area contributed by atoms with Crippen molar-refractivity contribution in [3.05, 3.63) is 60.4 Å². The van der Waals surface area contributed by atoms with Gasteiger partial charge in [-0.05, 0) is 37.7 Å². The number of rotatable bonds is 5. The maximum atomic E-state index is 14.0. The lowest BCUT2D eigenvalue weighted by Gasteiger charge is -2.44. The van der Waals surface area contributed by atoms with Crippen molar-refractivity contribution in [1.29, 1.82) is 0 Å². The lowest BCUT2D eigenvalue weighted by atomic mass is 9.86. The predicted octanol–water partition coefficient (Wildman–Crippen LogP) is 1.75. The molecule has 2 N–H and O–H groups in total. The number of amides is 2. The number of anilines is 1. The van der Waals surface area contributed by atoms with E-state index < -0.39 is 29.8 Å². The number of piperazine rings is 1. The van der Waals surface area contributed by atoms with Crippen LogP contribution in [0, 0.1) is 11.7 Å². The van der Waals surface area contributed by atoms with Crippen LogP contribution in [0.2, 0.25) is 0 Å². The van der Waals surface area contributed by atoms with Gasteiger partial charge in [-0.15, -0.1) is 0 Å². The van der Waals surface area contributed by atoms with E-state index in [0.29, 0.717) is 32.7 Å². The minimum Gasteiger partial charge on any atom is -0.486 e. The zero-order valence-electron chi connectivity index (χ0n) is 18.6. The highest BCUT2D eigenvalue weighted by Crippen LogP contribution is 2.29. The summed E-state index contributed by atoms with van der Waals surface area (Å²) in [5, 5.41) is 9.31. The fourth-order valence-corrected chi connectivity index (χ4v) is 4.74. The first-order chi connectivity index (χ1) is 16.0. The Balaban J connectivity index is 1.44. The molecule has 2 heterocycles. The summed E-state index contributed by atoms with van der Waals surface area (Å²) >= 11 is 0. The molecule has 3 atom stereocenters. The lowest BCUT2D eigenvalue weighted by Crippen LogP contribution is -2.62. The molecule has 0 radical (unpaired) electrons. The monoisotopic (exact) mass is 456 g/mol. The van der Waals surface area contributed by atoms with E-state index in [4.69, 9.17) is 4.74 Å². The lowest BCUT2D eigenvalue weighted by molar-refractivity contribution is -0.151. The minimum atomic E-state index is -0.829.